The molecule has 104 valence electrons. The highest BCUT2D eigenvalue weighted by atomic mass is 32.2. The van der Waals surface area contributed by atoms with Gasteiger partial charge in [-0.15, -0.1) is 0 Å². The number of sulfonamides is 1. The van der Waals surface area contributed by atoms with Crippen LogP contribution in [0.25, 0.3) is 0 Å². The number of nitrogens with one attached hydrogen (secondary N) is 2. The predicted octanol–water partition coefficient (Wildman–Crippen LogP) is 1.60. The smallest absolute Gasteiger partial charge is 0.215 e. The van der Waals surface area contributed by atoms with Crippen molar-refractivity contribution in [1.82, 2.24) is 10.0 Å². The molecule has 0 aliphatic carbocycles. The first-order valence-electron chi connectivity index (χ1n) is 6.18. The lowest BCUT2D eigenvalue weighted by atomic mass is 10.1. The number of hydrogen-bond acceptors (Lipinski definition) is 4. The summed E-state index contributed by atoms with van der Waals surface area (Å²) in [6.07, 6.45) is 0.733. The standard InChI is InChI=1S/C12H22N2O2S2/c1-4-13-8-11(3)18(15,16)14-10(2)7-12-5-6-17-9-12/h5-6,9-11,13-14H,4,7-8H2,1-3H3. The number of hydrogen-bond donors (Lipinski definition) is 2. The van der Waals surface area contributed by atoms with E-state index >= 15 is 0 Å². The minimum atomic E-state index is -3.24. The molecule has 0 amide bonds. The van der Waals surface area contributed by atoms with Gasteiger partial charge in [-0.25, -0.2) is 13.1 Å². The van der Waals surface area contributed by atoms with E-state index < -0.39 is 15.3 Å². The van der Waals surface area contributed by atoms with Crippen molar-refractivity contribution >= 4 is 21.4 Å². The molecule has 0 radical (unpaired) electrons. The van der Waals surface area contributed by atoms with Gasteiger partial charge in [0, 0.05) is 12.6 Å². The molecule has 1 aromatic heterocycles. The Hall–Kier alpha value is -0.430. The predicted molar refractivity (Wildman–Crippen MR) is 77.5 cm³/mol. The van der Waals surface area contributed by atoms with E-state index in [0.717, 1.165) is 13.0 Å². The van der Waals surface area contributed by atoms with Gasteiger partial charge in [0.05, 0.1) is 5.25 Å². The summed E-state index contributed by atoms with van der Waals surface area (Å²) in [5, 5.41) is 6.69. The fourth-order valence-corrected chi connectivity index (χ4v) is 3.55. The van der Waals surface area contributed by atoms with Crippen LogP contribution in [0.15, 0.2) is 16.8 Å². The summed E-state index contributed by atoms with van der Waals surface area (Å²) in [6, 6.07) is 1.95. The summed E-state index contributed by atoms with van der Waals surface area (Å²) in [5.74, 6) is 0. The normalized spacial score (nSPS) is 15.5. The van der Waals surface area contributed by atoms with Gasteiger partial charge in [0.15, 0.2) is 0 Å². The van der Waals surface area contributed by atoms with Crippen LogP contribution in [0.1, 0.15) is 26.3 Å². The van der Waals surface area contributed by atoms with Gasteiger partial charge in [0.2, 0.25) is 10.0 Å². The monoisotopic (exact) mass is 290 g/mol. The molecule has 0 spiro atoms. The van der Waals surface area contributed by atoms with Crippen molar-refractivity contribution in [3.05, 3.63) is 22.4 Å². The molecule has 0 aromatic carbocycles. The van der Waals surface area contributed by atoms with Crippen molar-refractivity contribution in [3.63, 3.8) is 0 Å². The van der Waals surface area contributed by atoms with Crippen LogP contribution in [-0.4, -0.2) is 32.8 Å². The zero-order valence-electron chi connectivity index (χ0n) is 11.1. The Bertz CT molecular complexity index is 429. The second-order valence-electron chi connectivity index (χ2n) is 4.52. The quantitative estimate of drug-likeness (QED) is 0.764. The highest BCUT2D eigenvalue weighted by Crippen LogP contribution is 2.09. The van der Waals surface area contributed by atoms with Crippen LogP contribution in [0.2, 0.25) is 0 Å². The molecule has 0 saturated heterocycles. The van der Waals surface area contributed by atoms with E-state index in [9.17, 15) is 8.42 Å². The van der Waals surface area contributed by atoms with E-state index in [-0.39, 0.29) is 6.04 Å². The summed E-state index contributed by atoms with van der Waals surface area (Å²) in [5.41, 5.74) is 1.18. The van der Waals surface area contributed by atoms with Crippen molar-refractivity contribution in [1.29, 1.82) is 0 Å². The molecule has 0 fully saturated rings. The summed E-state index contributed by atoms with van der Waals surface area (Å²) >= 11 is 1.63. The zero-order chi connectivity index (χ0) is 13.6. The summed E-state index contributed by atoms with van der Waals surface area (Å²) in [4.78, 5) is 0. The first kappa shape index (κ1) is 15.6. The molecule has 2 N–H and O–H groups in total. The van der Waals surface area contributed by atoms with Crippen LogP contribution >= 0.6 is 11.3 Å². The van der Waals surface area contributed by atoms with Crippen molar-refractivity contribution in [2.45, 2.75) is 38.5 Å². The van der Waals surface area contributed by atoms with E-state index in [1.54, 1.807) is 18.3 Å². The van der Waals surface area contributed by atoms with E-state index in [1.807, 2.05) is 30.7 Å². The topological polar surface area (TPSA) is 58.2 Å². The Morgan fingerprint density at radius 2 is 2.11 bits per heavy atom. The molecule has 0 aliphatic heterocycles. The van der Waals surface area contributed by atoms with E-state index in [2.05, 4.69) is 10.0 Å². The van der Waals surface area contributed by atoms with Crippen LogP contribution < -0.4 is 10.0 Å². The van der Waals surface area contributed by atoms with Crippen LogP contribution in [-0.2, 0) is 16.4 Å². The molecule has 18 heavy (non-hydrogen) atoms. The number of thiophene rings is 1. The Morgan fingerprint density at radius 1 is 1.39 bits per heavy atom. The molecule has 2 atom stereocenters. The molecule has 0 saturated carbocycles. The molecule has 0 aliphatic rings. The number of rotatable bonds is 8. The highest BCUT2D eigenvalue weighted by molar-refractivity contribution is 7.90. The van der Waals surface area contributed by atoms with Gasteiger partial charge in [-0.3, -0.25) is 0 Å². The maximum atomic E-state index is 12.0. The van der Waals surface area contributed by atoms with Crippen LogP contribution in [0.3, 0.4) is 0 Å². The minimum absolute atomic E-state index is 0.0753. The maximum absolute atomic E-state index is 12.0. The Balaban J connectivity index is 2.49. The fourth-order valence-electron chi connectivity index (χ4n) is 1.66. The first-order valence-corrected chi connectivity index (χ1v) is 8.67. The maximum Gasteiger partial charge on any atom is 0.215 e. The lowest BCUT2D eigenvalue weighted by Gasteiger charge is -2.18. The average molecular weight is 290 g/mol. The third-order valence-electron chi connectivity index (χ3n) is 2.70. The van der Waals surface area contributed by atoms with E-state index in [4.69, 9.17) is 0 Å². The summed E-state index contributed by atoms with van der Waals surface area (Å²) in [7, 11) is -3.24. The van der Waals surface area contributed by atoms with Gasteiger partial charge < -0.3 is 5.32 Å². The van der Waals surface area contributed by atoms with Crippen LogP contribution in [0.5, 0.6) is 0 Å². The zero-order valence-corrected chi connectivity index (χ0v) is 12.8. The average Bonchev–Trinajstić information content (AvgIpc) is 2.77. The third-order valence-corrected chi connectivity index (χ3v) is 5.39. The van der Waals surface area contributed by atoms with E-state index in [0.29, 0.717) is 6.54 Å². The van der Waals surface area contributed by atoms with Crippen LogP contribution in [0, 0.1) is 0 Å². The fraction of sp³-hybridized carbons (Fsp3) is 0.667. The highest BCUT2D eigenvalue weighted by Gasteiger charge is 2.22. The van der Waals surface area contributed by atoms with Gasteiger partial charge in [-0.2, -0.15) is 11.3 Å². The molecule has 6 heteroatoms. The van der Waals surface area contributed by atoms with Crippen molar-refractivity contribution in [2.75, 3.05) is 13.1 Å². The second-order valence-corrected chi connectivity index (χ2v) is 7.43. The minimum Gasteiger partial charge on any atom is -0.316 e. The van der Waals surface area contributed by atoms with Gasteiger partial charge in [-0.05, 0) is 49.2 Å². The van der Waals surface area contributed by atoms with Crippen molar-refractivity contribution < 1.29 is 8.42 Å². The molecular weight excluding hydrogens is 268 g/mol. The van der Waals surface area contributed by atoms with Gasteiger partial charge >= 0.3 is 0 Å². The lowest BCUT2D eigenvalue weighted by molar-refractivity contribution is 0.541. The molecule has 2 unspecified atom stereocenters. The second kappa shape index (κ2) is 7.23. The summed E-state index contributed by atoms with van der Waals surface area (Å²) in [6.45, 7) is 6.85. The van der Waals surface area contributed by atoms with Crippen molar-refractivity contribution in [2.24, 2.45) is 0 Å². The molecule has 4 nitrogen and oxygen atoms in total. The molecular formula is C12H22N2O2S2. The Morgan fingerprint density at radius 3 is 2.67 bits per heavy atom. The SMILES string of the molecule is CCNCC(C)S(=O)(=O)NC(C)Cc1ccsc1. The lowest BCUT2D eigenvalue weighted by Crippen LogP contribution is -2.43. The third kappa shape index (κ3) is 5.06. The first-order chi connectivity index (χ1) is 8.45. The molecule has 1 heterocycles. The van der Waals surface area contributed by atoms with Crippen molar-refractivity contribution in [3.8, 4) is 0 Å². The van der Waals surface area contributed by atoms with Gasteiger partial charge in [-0.1, -0.05) is 6.92 Å². The largest absolute Gasteiger partial charge is 0.316 e. The van der Waals surface area contributed by atoms with Gasteiger partial charge in [0.1, 0.15) is 0 Å². The van der Waals surface area contributed by atoms with Gasteiger partial charge in [0.25, 0.3) is 0 Å². The van der Waals surface area contributed by atoms with Crippen LogP contribution in [0.4, 0.5) is 0 Å². The molecule has 1 aromatic rings. The Kier molecular flexibility index (Phi) is 6.28. The summed E-state index contributed by atoms with van der Waals surface area (Å²) < 4.78 is 26.8. The molecule has 0 bridgehead atoms. The Labute approximate surface area is 114 Å². The van der Waals surface area contributed by atoms with E-state index in [1.165, 1.54) is 5.56 Å². The molecule has 1 rings (SSSR count).